The molecule has 1 aromatic heterocycles. The predicted molar refractivity (Wildman–Crippen MR) is 94.7 cm³/mol. The molecule has 1 atom stereocenters. The second kappa shape index (κ2) is 5.59. The summed E-state index contributed by atoms with van der Waals surface area (Å²) in [5, 5.41) is 2.45. The van der Waals surface area contributed by atoms with Gasteiger partial charge in [-0.3, -0.25) is 4.90 Å². The van der Waals surface area contributed by atoms with Crippen LogP contribution in [-0.2, 0) is 16.4 Å². The third kappa shape index (κ3) is 2.67. The minimum absolute atomic E-state index is 0.0201. The van der Waals surface area contributed by atoms with E-state index in [4.69, 9.17) is 20.8 Å². The first-order valence-electron chi connectivity index (χ1n) is 7.80. The topological polar surface area (TPSA) is 76.8 Å². The van der Waals surface area contributed by atoms with Gasteiger partial charge in [0.15, 0.2) is 9.84 Å². The van der Waals surface area contributed by atoms with Crippen molar-refractivity contribution in [2.75, 3.05) is 12.5 Å². The van der Waals surface area contributed by atoms with Crippen LogP contribution in [0.5, 0.6) is 5.75 Å². The van der Waals surface area contributed by atoms with Crippen LogP contribution < -0.4 is 10.4 Å². The number of halogens is 1. The highest BCUT2D eigenvalue weighted by atomic mass is 35.5. The van der Waals surface area contributed by atoms with Crippen LogP contribution in [0.3, 0.4) is 0 Å². The Balaban J connectivity index is 1.85. The summed E-state index contributed by atoms with van der Waals surface area (Å²) in [4.78, 5) is 14.0. The monoisotopic (exact) mass is 381 g/mol. The normalized spacial score (nSPS) is 22.1. The molecule has 2 aliphatic heterocycles. The van der Waals surface area contributed by atoms with Crippen LogP contribution in [0.15, 0.2) is 26.8 Å². The van der Waals surface area contributed by atoms with E-state index in [1.54, 1.807) is 19.1 Å². The van der Waals surface area contributed by atoms with E-state index in [1.807, 2.05) is 11.8 Å². The van der Waals surface area contributed by atoms with Crippen molar-refractivity contribution in [1.82, 2.24) is 4.90 Å². The number of benzene rings is 1. The van der Waals surface area contributed by atoms with E-state index in [-0.39, 0.29) is 18.5 Å². The molecule has 132 valence electrons. The van der Waals surface area contributed by atoms with E-state index < -0.39 is 15.5 Å². The summed E-state index contributed by atoms with van der Waals surface area (Å²) in [7, 11) is -3.17. The molecule has 0 aliphatic carbocycles. The molecule has 4 rings (SSSR count). The molecule has 0 N–H and O–H groups in total. The van der Waals surface area contributed by atoms with Gasteiger partial charge in [-0.15, -0.1) is 0 Å². The molecule has 2 aliphatic rings. The fourth-order valence-corrected chi connectivity index (χ4v) is 4.89. The molecule has 1 unspecified atom stereocenters. The lowest BCUT2D eigenvalue weighted by atomic mass is 10.0. The van der Waals surface area contributed by atoms with Gasteiger partial charge in [-0.25, -0.2) is 13.2 Å². The van der Waals surface area contributed by atoms with E-state index in [0.717, 1.165) is 10.9 Å². The Morgan fingerprint density at radius 3 is 2.72 bits per heavy atom. The third-order valence-corrected chi connectivity index (χ3v) is 6.52. The van der Waals surface area contributed by atoms with Crippen molar-refractivity contribution in [3.05, 3.63) is 49.7 Å². The number of rotatable bonds is 1. The number of sulfone groups is 1. The standard InChI is InChI=1S/C17H16ClNO5S/c1-9-10(2)17(20)24-15-12(9)5-14(18)16-13(15)6-19(8-23-16)11-3-4-25(21,22)7-11/h3-5,11H,6-8H2,1-2H3. The van der Waals surface area contributed by atoms with Gasteiger partial charge in [0.2, 0.25) is 0 Å². The van der Waals surface area contributed by atoms with Crippen LogP contribution in [-0.4, -0.2) is 31.8 Å². The van der Waals surface area contributed by atoms with Crippen molar-refractivity contribution in [1.29, 1.82) is 0 Å². The summed E-state index contributed by atoms with van der Waals surface area (Å²) in [6.45, 7) is 4.18. The van der Waals surface area contributed by atoms with Crippen molar-refractivity contribution in [3.8, 4) is 5.75 Å². The van der Waals surface area contributed by atoms with E-state index >= 15 is 0 Å². The molecule has 0 saturated carbocycles. The maximum atomic E-state index is 12.1. The number of hydrogen-bond donors (Lipinski definition) is 0. The van der Waals surface area contributed by atoms with Gasteiger partial charge >= 0.3 is 5.63 Å². The lowest BCUT2D eigenvalue weighted by Crippen LogP contribution is -2.41. The van der Waals surface area contributed by atoms with Gasteiger partial charge in [0.1, 0.15) is 18.1 Å². The first kappa shape index (κ1) is 16.6. The molecular weight excluding hydrogens is 366 g/mol. The lowest BCUT2D eigenvalue weighted by Gasteiger charge is -2.33. The highest BCUT2D eigenvalue weighted by molar-refractivity contribution is 7.94. The van der Waals surface area contributed by atoms with Crippen LogP contribution in [0, 0.1) is 13.8 Å². The van der Waals surface area contributed by atoms with Crippen LogP contribution in [0.2, 0.25) is 5.02 Å². The first-order chi connectivity index (χ1) is 11.8. The molecule has 1 aromatic carbocycles. The van der Waals surface area contributed by atoms with Crippen molar-refractivity contribution in [3.63, 3.8) is 0 Å². The summed E-state index contributed by atoms with van der Waals surface area (Å²) in [5.74, 6) is 0.508. The predicted octanol–water partition coefficient (Wildman–Crippen LogP) is 2.53. The lowest BCUT2D eigenvalue weighted by molar-refractivity contribution is 0.0800. The number of ether oxygens (including phenoxy) is 1. The fourth-order valence-electron chi connectivity index (χ4n) is 3.28. The smallest absolute Gasteiger partial charge is 0.339 e. The van der Waals surface area contributed by atoms with Crippen LogP contribution in [0.1, 0.15) is 16.7 Å². The molecule has 6 nitrogen and oxygen atoms in total. The summed E-state index contributed by atoms with van der Waals surface area (Å²) in [5.41, 5.74) is 2.09. The minimum Gasteiger partial charge on any atom is -0.476 e. The molecule has 25 heavy (non-hydrogen) atoms. The van der Waals surface area contributed by atoms with Gasteiger partial charge in [-0.2, -0.15) is 0 Å². The van der Waals surface area contributed by atoms with Gasteiger partial charge in [0.25, 0.3) is 0 Å². The average molecular weight is 382 g/mol. The average Bonchev–Trinajstić information content (AvgIpc) is 2.94. The van der Waals surface area contributed by atoms with Gasteiger partial charge < -0.3 is 9.15 Å². The summed E-state index contributed by atoms with van der Waals surface area (Å²) in [6.07, 6.45) is 1.65. The first-order valence-corrected chi connectivity index (χ1v) is 9.89. The largest absolute Gasteiger partial charge is 0.476 e. The summed E-state index contributed by atoms with van der Waals surface area (Å²) >= 11 is 6.36. The Bertz CT molecular complexity index is 1090. The maximum absolute atomic E-state index is 12.1. The molecule has 0 amide bonds. The van der Waals surface area contributed by atoms with Crippen LogP contribution >= 0.6 is 11.6 Å². The van der Waals surface area contributed by atoms with E-state index in [2.05, 4.69) is 0 Å². The molecule has 0 bridgehead atoms. The maximum Gasteiger partial charge on any atom is 0.339 e. The summed E-state index contributed by atoms with van der Waals surface area (Å²) in [6, 6.07) is 1.47. The van der Waals surface area contributed by atoms with Crippen molar-refractivity contribution in [2.45, 2.75) is 26.4 Å². The molecule has 0 saturated heterocycles. The van der Waals surface area contributed by atoms with Gasteiger partial charge in [-0.1, -0.05) is 17.7 Å². The number of hydrogen-bond acceptors (Lipinski definition) is 6. The minimum atomic E-state index is -3.17. The summed E-state index contributed by atoms with van der Waals surface area (Å²) < 4.78 is 34.7. The molecule has 2 aromatic rings. The Labute approximate surface area is 149 Å². The zero-order valence-electron chi connectivity index (χ0n) is 13.7. The quantitative estimate of drug-likeness (QED) is 0.706. The highest BCUT2D eigenvalue weighted by Crippen LogP contribution is 2.40. The number of fused-ring (bicyclic) bond motifs is 3. The van der Waals surface area contributed by atoms with Crippen LogP contribution in [0.25, 0.3) is 11.0 Å². The van der Waals surface area contributed by atoms with E-state index in [1.165, 1.54) is 5.41 Å². The van der Waals surface area contributed by atoms with Crippen molar-refractivity contribution >= 4 is 32.4 Å². The Morgan fingerprint density at radius 1 is 1.28 bits per heavy atom. The van der Waals surface area contributed by atoms with Gasteiger partial charge in [0, 0.05) is 28.9 Å². The Hall–Kier alpha value is -1.83. The molecular formula is C17H16ClNO5S. The van der Waals surface area contributed by atoms with E-state index in [0.29, 0.717) is 34.0 Å². The molecule has 0 spiro atoms. The highest BCUT2D eigenvalue weighted by Gasteiger charge is 2.32. The SMILES string of the molecule is Cc1c(C)c2cc(Cl)c3c(c2oc1=O)CN(C1C=CS(=O)(=O)C1)CO3. The Morgan fingerprint density at radius 2 is 2.04 bits per heavy atom. The molecule has 0 fully saturated rings. The molecule has 3 heterocycles. The number of nitrogens with zero attached hydrogens (tertiary/aromatic N) is 1. The molecule has 0 radical (unpaired) electrons. The van der Waals surface area contributed by atoms with Crippen molar-refractivity contribution in [2.24, 2.45) is 0 Å². The second-order valence-corrected chi connectivity index (χ2v) is 8.77. The van der Waals surface area contributed by atoms with Gasteiger partial charge in [0.05, 0.1) is 16.3 Å². The van der Waals surface area contributed by atoms with Crippen molar-refractivity contribution < 1.29 is 17.6 Å². The zero-order valence-corrected chi connectivity index (χ0v) is 15.3. The van der Waals surface area contributed by atoms with Gasteiger partial charge in [-0.05, 0) is 25.5 Å². The van der Waals surface area contributed by atoms with E-state index in [9.17, 15) is 13.2 Å². The Kier molecular flexibility index (Phi) is 3.72. The number of aryl methyl sites for hydroxylation is 1. The van der Waals surface area contributed by atoms with Crippen LogP contribution in [0.4, 0.5) is 0 Å². The second-order valence-electron chi connectivity index (χ2n) is 6.43. The zero-order chi connectivity index (χ0) is 17.9. The molecule has 8 heteroatoms. The fraction of sp³-hybridized carbons (Fsp3) is 0.353. The third-order valence-electron chi connectivity index (χ3n) is 4.86.